The third kappa shape index (κ3) is 1.98. The van der Waals surface area contributed by atoms with Gasteiger partial charge in [0, 0.05) is 12.6 Å². The number of aryl methyl sites for hydroxylation is 1. The zero-order chi connectivity index (χ0) is 14.1. The Balaban J connectivity index is 2.12. The van der Waals surface area contributed by atoms with Crippen LogP contribution in [0.2, 0.25) is 0 Å². The van der Waals surface area contributed by atoms with Gasteiger partial charge in [0.15, 0.2) is 0 Å². The smallest absolute Gasteiger partial charge is 0.140 e. The molecule has 0 aliphatic heterocycles. The molecule has 0 saturated carbocycles. The fraction of sp³-hybridized carbons (Fsp3) is 0.133. The zero-order valence-electron chi connectivity index (χ0n) is 11.4. The Kier molecular flexibility index (Phi) is 3.04. The SMILES string of the molecule is COc1ccc(-c2nc3cc(NN)ccc3n2C)cc1. The molecule has 0 aliphatic carbocycles. The van der Waals surface area contributed by atoms with E-state index in [0.29, 0.717) is 0 Å². The van der Waals surface area contributed by atoms with Crippen LogP contribution in [0.3, 0.4) is 0 Å². The lowest BCUT2D eigenvalue weighted by Crippen LogP contribution is -2.06. The molecule has 0 atom stereocenters. The van der Waals surface area contributed by atoms with Crippen LogP contribution in [0.5, 0.6) is 5.75 Å². The fourth-order valence-corrected chi connectivity index (χ4v) is 2.29. The number of anilines is 1. The van der Waals surface area contributed by atoms with E-state index in [4.69, 9.17) is 10.6 Å². The van der Waals surface area contributed by atoms with Gasteiger partial charge in [0.1, 0.15) is 11.6 Å². The van der Waals surface area contributed by atoms with Gasteiger partial charge in [-0.25, -0.2) is 4.98 Å². The number of nitrogens with zero attached hydrogens (tertiary/aromatic N) is 2. The first-order valence-electron chi connectivity index (χ1n) is 6.30. The van der Waals surface area contributed by atoms with Crippen LogP contribution in [0.15, 0.2) is 42.5 Å². The molecule has 5 nitrogen and oxygen atoms in total. The summed E-state index contributed by atoms with van der Waals surface area (Å²) in [5.74, 6) is 7.18. The van der Waals surface area contributed by atoms with E-state index < -0.39 is 0 Å². The van der Waals surface area contributed by atoms with Gasteiger partial charge in [-0.2, -0.15) is 0 Å². The van der Waals surface area contributed by atoms with Gasteiger partial charge in [-0.05, 0) is 42.5 Å². The molecular weight excluding hydrogens is 252 g/mol. The summed E-state index contributed by atoms with van der Waals surface area (Å²) in [6.45, 7) is 0. The molecule has 0 radical (unpaired) electrons. The maximum absolute atomic E-state index is 5.43. The molecule has 0 spiro atoms. The molecule has 3 N–H and O–H groups in total. The fourth-order valence-electron chi connectivity index (χ4n) is 2.29. The van der Waals surface area contributed by atoms with Crippen LogP contribution in [0.25, 0.3) is 22.4 Å². The van der Waals surface area contributed by atoms with Crippen LogP contribution >= 0.6 is 0 Å². The largest absolute Gasteiger partial charge is 0.497 e. The number of fused-ring (bicyclic) bond motifs is 1. The summed E-state index contributed by atoms with van der Waals surface area (Å²) < 4.78 is 7.24. The highest BCUT2D eigenvalue weighted by Gasteiger charge is 2.10. The summed E-state index contributed by atoms with van der Waals surface area (Å²) in [6, 6.07) is 13.7. The van der Waals surface area contributed by atoms with Gasteiger partial charge in [-0.1, -0.05) is 0 Å². The molecule has 0 bridgehead atoms. The predicted molar refractivity (Wildman–Crippen MR) is 80.5 cm³/mol. The molecule has 3 aromatic rings. The predicted octanol–water partition coefficient (Wildman–Crippen LogP) is 2.53. The lowest BCUT2D eigenvalue weighted by atomic mass is 10.2. The Morgan fingerprint density at radius 2 is 1.90 bits per heavy atom. The number of methoxy groups -OCH3 is 1. The summed E-state index contributed by atoms with van der Waals surface area (Å²) in [5, 5.41) is 0. The molecule has 102 valence electrons. The van der Waals surface area contributed by atoms with E-state index in [1.807, 2.05) is 49.5 Å². The molecule has 0 fully saturated rings. The number of aromatic nitrogens is 2. The summed E-state index contributed by atoms with van der Waals surface area (Å²) in [5.41, 5.74) is 6.50. The molecule has 0 unspecified atom stereocenters. The van der Waals surface area contributed by atoms with Gasteiger partial charge in [0.05, 0.1) is 23.8 Å². The van der Waals surface area contributed by atoms with Gasteiger partial charge in [0.25, 0.3) is 0 Å². The number of hydrogen-bond donors (Lipinski definition) is 2. The standard InChI is InChI=1S/C15H16N4O/c1-19-14-8-5-11(18-16)9-13(14)17-15(19)10-3-6-12(20-2)7-4-10/h3-9,18H,16H2,1-2H3. The van der Waals surface area contributed by atoms with Crippen molar-refractivity contribution in [1.82, 2.24) is 9.55 Å². The maximum Gasteiger partial charge on any atom is 0.140 e. The Morgan fingerprint density at radius 3 is 2.55 bits per heavy atom. The number of ether oxygens (including phenoxy) is 1. The quantitative estimate of drug-likeness (QED) is 0.566. The summed E-state index contributed by atoms with van der Waals surface area (Å²) in [4.78, 5) is 4.67. The van der Waals surface area contributed by atoms with Crippen molar-refractivity contribution in [1.29, 1.82) is 0 Å². The second-order valence-electron chi connectivity index (χ2n) is 4.57. The van der Waals surface area contributed by atoms with Gasteiger partial charge in [-0.3, -0.25) is 5.84 Å². The lowest BCUT2D eigenvalue weighted by Gasteiger charge is -2.04. The highest BCUT2D eigenvalue weighted by atomic mass is 16.5. The molecule has 20 heavy (non-hydrogen) atoms. The minimum Gasteiger partial charge on any atom is -0.497 e. The van der Waals surface area contributed by atoms with Crippen LogP contribution in [0.1, 0.15) is 0 Å². The maximum atomic E-state index is 5.43. The van der Waals surface area contributed by atoms with Gasteiger partial charge < -0.3 is 14.7 Å². The lowest BCUT2D eigenvalue weighted by molar-refractivity contribution is 0.415. The third-order valence-electron chi connectivity index (χ3n) is 3.40. The zero-order valence-corrected chi connectivity index (χ0v) is 11.4. The van der Waals surface area contributed by atoms with E-state index in [1.54, 1.807) is 7.11 Å². The average molecular weight is 268 g/mol. The van der Waals surface area contributed by atoms with Crippen molar-refractivity contribution in [3.63, 3.8) is 0 Å². The van der Waals surface area contributed by atoms with E-state index >= 15 is 0 Å². The number of imidazole rings is 1. The van der Waals surface area contributed by atoms with E-state index in [-0.39, 0.29) is 0 Å². The molecule has 2 aromatic carbocycles. The molecule has 0 amide bonds. The topological polar surface area (TPSA) is 65.1 Å². The molecule has 3 rings (SSSR count). The minimum absolute atomic E-state index is 0.835. The van der Waals surface area contributed by atoms with Gasteiger partial charge >= 0.3 is 0 Å². The number of rotatable bonds is 3. The molecule has 0 saturated heterocycles. The molecule has 5 heteroatoms. The Hall–Kier alpha value is -2.53. The normalized spacial score (nSPS) is 10.8. The average Bonchev–Trinajstić information content (AvgIpc) is 2.84. The summed E-state index contributed by atoms with van der Waals surface area (Å²) in [6.07, 6.45) is 0. The van der Waals surface area contributed by atoms with Crippen LogP contribution < -0.4 is 16.0 Å². The van der Waals surface area contributed by atoms with Crippen molar-refractivity contribution in [2.45, 2.75) is 0 Å². The first-order chi connectivity index (χ1) is 9.72. The number of nitrogens with two attached hydrogens (primary N) is 1. The molecule has 1 aromatic heterocycles. The Bertz CT molecular complexity index is 746. The Morgan fingerprint density at radius 1 is 1.15 bits per heavy atom. The summed E-state index contributed by atoms with van der Waals surface area (Å²) in [7, 11) is 3.66. The van der Waals surface area contributed by atoms with E-state index in [9.17, 15) is 0 Å². The van der Waals surface area contributed by atoms with Crippen molar-refractivity contribution in [2.24, 2.45) is 12.9 Å². The number of nitrogens with one attached hydrogen (secondary N) is 1. The highest BCUT2D eigenvalue weighted by Crippen LogP contribution is 2.26. The first-order valence-corrected chi connectivity index (χ1v) is 6.30. The second-order valence-corrected chi connectivity index (χ2v) is 4.57. The van der Waals surface area contributed by atoms with Crippen molar-refractivity contribution >= 4 is 16.7 Å². The van der Waals surface area contributed by atoms with Gasteiger partial charge in [-0.15, -0.1) is 0 Å². The van der Waals surface area contributed by atoms with Crippen molar-refractivity contribution in [3.8, 4) is 17.1 Å². The monoisotopic (exact) mass is 268 g/mol. The van der Waals surface area contributed by atoms with Crippen LogP contribution in [-0.4, -0.2) is 16.7 Å². The number of benzene rings is 2. The van der Waals surface area contributed by atoms with Crippen molar-refractivity contribution in [2.75, 3.05) is 12.5 Å². The second kappa shape index (κ2) is 4.86. The van der Waals surface area contributed by atoms with Crippen LogP contribution in [-0.2, 0) is 7.05 Å². The minimum atomic E-state index is 0.835. The number of hydrazine groups is 1. The van der Waals surface area contributed by atoms with E-state index in [1.165, 1.54) is 0 Å². The van der Waals surface area contributed by atoms with Crippen molar-refractivity contribution in [3.05, 3.63) is 42.5 Å². The number of nitrogen functional groups attached to an aromatic ring is 1. The van der Waals surface area contributed by atoms with E-state index in [2.05, 4.69) is 15.0 Å². The van der Waals surface area contributed by atoms with Crippen LogP contribution in [0.4, 0.5) is 5.69 Å². The van der Waals surface area contributed by atoms with Gasteiger partial charge in [0.2, 0.25) is 0 Å². The Labute approximate surface area is 117 Å². The van der Waals surface area contributed by atoms with E-state index in [0.717, 1.165) is 33.9 Å². The first kappa shape index (κ1) is 12.5. The van der Waals surface area contributed by atoms with Crippen LogP contribution in [0, 0.1) is 0 Å². The number of hydrogen-bond acceptors (Lipinski definition) is 4. The molecule has 0 aliphatic rings. The summed E-state index contributed by atoms with van der Waals surface area (Å²) >= 11 is 0. The third-order valence-corrected chi connectivity index (χ3v) is 3.40. The molecule has 1 heterocycles. The van der Waals surface area contributed by atoms with Crippen molar-refractivity contribution < 1.29 is 4.74 Å². The molecular formula is C15H16N4O. The highest BCUT2D eigenvalue weighted by molar-refractivity contribution is 5.83.